The molecule has 1 aliphatic heterocycles. The second-order valence-corrected chi connectivity index (χ2v) is 8.37. The van der Waals surface area contributed by atoms with Crippen molar-refractivity contribution < 1.29 is 14.3 Å². The molecule has 4 rings (SSSR count). The standard InChI is InChI=1S/C26H28N4O3/c1-2-33-23-9-4-3-8-22(23)24(31)30-12-10-26(11-13-30,25(27)32)15-19-6-5-7-20(14-19)21-16-28-18-29-17-21/h3-9,14,16-18H,2,10-13,15H2,1H3,(H2,27,32). The Hall–Kier alpha value is -3.74. The average molecular weight is 445 g/mol. The number of carbonyl (C=O) groups is 2. The van der Waals surface area contributed by atoms with Gasteiger partial charge in [0.2, 0.25) is 5.91 Å². The minimum Gasteiger partial charge on any atom is -0.493 e. The summed E-state index contributed by atoms with van der Waals surface area (Å²) < 4.78 is 5.62. The van der Waals surface area contributed by atoms with Gasteiger partial charge in [-0.25, -0.2) is 9.97 Å². The molecule has 0 radical (unpaired) electrons. The fourth-order valence-corrected chi connectivity index (χ4v) is 4.44. The van der Waals surface area contributed by atoms with Gasteiger partial charge in [0, 0.05) is 31.0 Å². The molecule has 3 aromatic rings. The smallest absolute Gasteiger partial charge is 0.257 e. The van der Waals surface area contributed by atoms with Crippen LogP contribution in [0.3, 0.4) is 0 Å². The highest BCUT2D eigenvalue weighted by Crippen LogP contribution is 2.36. The van der Waals surface area contributed by atoms with E-state index in [1.165, 1.54) is 6.33 Å². The Labute approximate surface area is 193 Å². The highest BCUT2D eigenvalue weighted by molar-refractivity contribution is 5.97. The topological polar surface area (TPSA) is 98.4 Å². The molecule has 2 amide bonds. The van der Waals surface area contributed by atoms with Crippen molar-refractivity contribution in [1.29, 1.82) is 0 Å². The SMILES string of the molecule is CCOc1ccccc1C(=O)N1CCC(Cc2cccc(-c3cncnc3)c2)(C(N)=O)CC1. The van der Waals surface area contributed by atoms with E-state index in [1.54, 1.807) is 29.4 Å². The van der Waals surface area contributed by atoms with Crippen LogP contribution in [-0.4, -0.2) is 46.4 Å². The quantitative estimate of drug-likeness (QED) is 0.601. The van der Waals surface area contributed by atoms with E-state index in [1.807, 2.05) is 37.3 Å². The lowest BCUT2D eigenvalue weighted by atomic mass is 9.73. The van der Waals surface area contributed by atoms with Crippen LogP contribution >= 0.6 is 0 Å². The first-order valence-corrected chi connectivity index (χ1v) is 11.2. The molecule has 170 valence electrons. The van der Waals surface area contributed by atoms with E-state index in [2.05, 4.69) is 16.0 Å². The largest absolute Gasteiger partial charge is 0.493 e. The van der Waals surface area contributed by atoms with Crippen LogP contribution in [0.25, 0.3) is 11.1 Å². The number of ether oxygens (including phenoxy) is 1. The molecule has 0 bridgehead atoms. The number of hydrogen-bond donors (Lipinski definition) is 1. The summed E-state index contributed by atoms with van der Waals surface area (Å²) >= 11 is 0. The molecule has 0 unspecified atom stereocenters. The van der Waals surface area contributed by atoms with E-state index in [0.717, 1.165) is 16.7 Å². The Morgan fingerprint density at radius 1 is 1.03 bits per heavy atom. The zero-order valence-corrected chi connectivity index (χ0v) is 18.7. The van der Waals surface area contributed by atoms with Crippen molar-refractivity contribution in [3.63, 3.8) is 0 Å². The monoisotopic (exact) mass is 444 g/mol. The molecule has 2 heterocycles. The predicted molar refractivity (Wildman–Crippen MR) is 126 cm³/mol. The summed E-state index contributed by atoms with van der Waals surface area (Å²) in [5.41, 5.74) is 8.70. The summed E-state index contributed by atoms with van der Waals surface area (Å²) in [6.07, 6.45) is 6.59. The first-order valence-electron chi connectivity index (χ1n) is 11.2. The number of hydrogen-bond acceptors (Lipinski definition) is 5. The molecule has 1 fully saturated rings. The number of rotatable bonds is 7. The molecule has 0 saturated carbocycles. The molecule has 7 heteroatoms. The van der Waals surface area contributed by atoms with Gasteiger partial charge < -0.3 is 15.4 Å². The summed E-state index contributed by atoms with van der Waals surface area (Å²) in [4.78, 5) is 35.7. The maximum Gasteiger partial charge on any atom is 0.257 e. The van der Waals surface area contributed by atoms with Crippen LogP contribution in [0.4, 0.5) is 0 Å². The molecule has 0 atom stereocenters. The highest BCUT2D eigenvalue weighted by Gasteiger charge is 2.41. The zero-order chi connectivity index (χ0) is 23.3. The molecule has 33 heavy (non-hydrogen) atoms. The third kappa shape index (κ3) is 4.87. The van der Waals surface area contributed by atoms with E-state index in [0.29, 0.717) is 50.3 Å². The summed E-state index contributed by atoms with van der Waals surface area (Å²) in [6.45, 7) is 3.31. The zero-order valence-electron chi connectivity index (χ0n) is 18.7. The molecule has 0 spiro atoms. The maximum absolute atomic E-state index is 13.2. The molecule has 1 aromatic heterocycles. The van der Waals surface area contributed by atoms with E-state index in [-0.39, 0.29) is 11.8 Å². The molecule has 2 aromatic carbocycles. The van der Waals surface area contributed by atoms with E-state index >= 15 is 0 Å². The van der Waals surface area contributed by atoms with Gasteiger partial charge in [-0.15, -0.1) is 0 Å². The molecule has 2 N–H and O–H groups in total. The van der Waals surface area contributed by atoms with Crippen molar-refractivity contribution >= 4 is 11.8 Å². The van der Waals surface area contributed by atoms with Crippen LogP contribution in [-0.2, 0) is 11.2 Å². The van der Waals surface area contributed by atoms with Crippen molar-refractivity contribution in [3.05, 3.63) is 78.4 Å². The number of piperidine rings is 1. The lowest BCUT2D eigenvalue weighted by molar-refractivity contribution is -0.130. The second-order valence-electron chi connectivity index (χ2n) is 8.37. The number of amides is 2. The van der Waals surface area contributed by atoms with E-state index < -0.39 is 5.41 Å². The summed E-state index contributed by atoms with van der Waals surface area (Å²) in [5.74, 6) is 0.180. The highest BCUT2D eigenvalue weighted by atomic mass is 16.5. The average Bonchev–Trinajstić information content (AvgIpc) is 2.85. The number of likely N-dealkylation sites (tertiary alicyclic amines) is 1. The second kappa shape index (κ2) is 9.81. The van der Waals surface area contributed by atoms with Crippen molar-refractivity contribution in [2.24, 2.45) is 11.1 Å². The minimum absolute atomic E-state index is 0.0804. The third-order valence-corrected chi connectivity index (χ3v) is 6.31. The van der Waals surface area contributed by atoms with Gasteiger partial charge in [-0.1, -0.05) is 36.4 Å². The number of carbonyl (C=O) groups excluding carboxylic acids is 2. The first-order chi connectivity index (χ1) is 16.0. The van der Waals surface area contributed by atoms with E-state index in [9.17, 15) is 9.59 Å². The Balaban J connectivity index is 1.50. The van der Waals surface area contributed by atoms with Crippen LogP contribution in [0, 0.1) is 5.41 Å². The minimum atomic E-state index is -0.692. The number of primary amides is 1. The van der Waals surface area contributed by atoms with Crippen LogP contribution in [0.1, 0.15) is 35.7 Å². The molecular formula is C26H28N4O3. The van der Waals surface area contributed by atoms with Crippen molar-refractivity contribution in [2.45, 2.75) is 26.2 Å². The van der Waals surface area contributed by atoms with Gasteiger partial charge in [0.05, 0.1) is 17.6 Å². The van der Waals surface area contributed by atoms with Crippen LogP contribution in [0.2, 0.25) is 0 Å². The number of benzene rings is 2. The van der Waals surface area contributed by atoms with Crippen molar-refractivity contribution in [1.82, 2.24) is 14.9 Å². The van der Waals surface area contributed by atoms with Gasteiger partial charge in [0.15, 0.2) is 0 Å². The Morgan fingerprint density at radius 2 is 1.76 bits per heavy atom. The molecule has 7 nitrogen and oxygen atoms in total. The van der Waals surface area contributed by atoms with Gasteiger partial charge in [-0.05, 0) is 49.4 Å². The maximum atomic E-state index is 13.2. The van der Waals surface area contributed by atoms with Crippen LogP contribution in [0.5, 0.6) is 5.75 Å². The van der Waals surface area contributed by atoms with Crippen molar-refractivity contribution in [3.8, 4) is 16.9 Å². The van der Waals surface area contributed by atoms with Gasteiger partial charge in [0.25, 0.3) is 5.91 Å². The fraction of sp³-hybridized carbons (Fsp3) is 0.308. The van der Waals surface area contributed by atoms with Crippen LogP contribution < -0.4 is 10.5 Å². The fourth-order valence-electron chi connectivity index (χ4n) is 4.44. The first kappa shape index (κ1) is 22.5. The van der Waals surface area contributed by atoms with Gasteiger partial charge in [-0.3, -0.25) is 9.59 Å². The van der Waals surface area contributed by atoms with E-state index in [4.69, 9.17) is 10.5 Å². The van der Waals surface area contributed by atoms with Gasteiger partial charge >= 0.3 is 0 Å². The molecule has 0 aliphatic carbocycles. The lowest BCUT2D eigenvalue weighted by Crippen LogP contribution is -2.50. The molecule has 1 saturated heterocycles. The van der Waals surface area contributed by atoms with Crippen molar-refractivity contribution in [2.75, 3.05) is 19.7 Å². The number of nitrogens with zero attached hydrogens (tertiary/aromatic N) is 3. The predicted octanol–water partition coefficient (Wildman–Crippen LogP) is 3.49. The Bertz CT molecular complexity index is 1130. The summed E-state index contributed by atoms with van der Waals surface area (Å²) in [6, 6.07) is 15.3. The third-order valence-electron chi connectivity index (χ3n) is 6.31. The number of aromatic nitrogens is 2. The molecule has 1 aliphatic rings. The number of para-hydroxylation sites is 1. The normalized spacial score (nSPS) is 15.1. The summed E-state index contributed by atoms with van der Waals surface area (Å²) in [7, 11) is 0. The lowest BCUT2D eigenvalue weighted by Gasteiger charge is -2.40. The summed E-state index contributed by atoms with van der Waals surface area (Å²) in [5, 5.41) is 0. The Kier molecular flexibility index (Phi) is 6.68. The van der Waals surface area contributed by atoms with Crippen LogP contribution in [0.15, 0.2) is 67.3 Å². The van der Waals surface area contributed by atoms with Gasteiger partial charge in [-0.2, -0.15) is 0 Å². The number of nitrogens with two attached hydrogens (primary N) is 1. The van der Waals surface area contributed by atoms with Gasteiger partial charge in [0.1, 0.15) is 12.1 Å². The molecular weight excluding hydrogens is 416 g/mol. The Morgan fingerprint density at radius 3 is 2.45 bits per heavy atom.